The summed E-state index contributed by atoms with van der Waals surface area (Å²) in [6, 6.07) is 11.1. The first-order valence-electron chi connectivity index (χ1n) is 6.91. The van der Waals surface area contributed by atoms with Crippen molar-refractivity contribution in [3.05, 3.63) is 58.1 Å². The topological polar surface area (TPSA) is 21.6 Å². The van der Waals surface area contributed by atoms with E-state index in [4.69, 9.17) is 4.74 Å². The number of methoxy groups -OCH3 is 1. The molecule has 3 rings (SSSR count). The molecule has 2 aromatic carbocycles. The summed E-state index contributed by atoms with van der Waals surface area (Å²) in [6.45, 7) is 0. The molecule has 120 valence electrons. The van der Waals surface area contributed by atoms with Crippen molar-refractivity contribution < 1.29 is 17.9 Å². The van der Waals surface area contributed by atoms with Gasteiger partial charge in [0.25, 0.3) is 0 Å². The number of halogens is 4. The normalized spacial score (nSPS) is 20.2. The van der Waals surface area contributed by atoms with Crippen LogP contribution in [0.3, 0.4) is 0 Å². The van der Waals surface area contributed by atoms with Crippen LogP contribution in [0.1, 0.15) is 11.1 Å². The largest absolute Gasteiger partial charge is 0.497 e. The molecule has 2 aromatic rings. The Morgan fingerprint density at radius 1 is 1.13 bits per heavy atom. The van der Waals surface area contributed by atoms with E-state index in [1.807, 2.05) is 0 Å². The molecule has 0 aliphatic carbocycles. The number of alkyl halides is 3. The lowest BCUT2D eigenvalue weighted by atomic mass is 9.74. The highest BCUT2D eigenvalue weighted by atomic mass is 79.9. The molecule has 0 saturated heterocycles. The summed E-state index contributed by atoms with van der Waals surface area (Å²) in [6.07, 6.45) is -3.62. The van der Waals surface area contributed by atoms with Gasteiger partial charge in [-0.3, -0.25) is 4.99 Å². The van der Waals surface area contributed by atoms with Crippen LogP contribution in [-0.4, -0.2) is 19.5 Å². The van der Waals surface area contributed by atoms with E-state index in [1.165, 1.54) is 31.4 Å². The first kappa shape index (κ1) is 16.1. The lowest BCUT2D eigenvalue weighted by Crippen LogP contribution is -2.47. The van der Waals surface area contributed by atoms with E-state index in [0.29, 0.717) is 21.5 Å². The molecule has 1 aliphatic heterocycles. The monoisotopic (exact) mass is 383 g/mol. The van der Waals surface area contributed by atoms with Crippen LogP contribution in [0, 0.1) is 0 Å². The number of rotatable bonds is 2. The Balaban J connectivity index is 2.14. The average Bonchev–Trinajstić information content (AvgIpc) is 2.54. The van der Waals surface area contributed by atoms with E-state index < -0.39 is 11.6 Å². The molecule has 2 nitrogen and oxygen atoms in total. The molecule has 23 heavy (non-hydrogen) atoms. The molecule has 1 atom stereocenters. The number of aliphatic imine (C=N–C) groups is 1. The van der Waals surface area contributed by atoms with Crippen LogP contribution in [0.2, 0.25) is 0 Å². The quantitative estimate of drug-likeness (QED) is 0.696. The van der Waals surface area contributed by atoms with E-state index in [-0.39, 0.29) is 12.0 Å². The van der Waals surface area contributed by atoms with Gasteiger partial charge in [0.15, 0.2) is 0 Å². The van der Waals surface area contributed by atoms with Crippen LogP contribution in [0.15, 0.2) is 51.9 Å². The van der Waals surface area contributed by atoms with E-state index in [0.717, 1.165) is 6.21 Å². The second kappa shape index (κ2) is 5.67. The summed E-state index contributed by atoms with van der Waals surface area (Å²) in [5.41, 5.74) is -0.858. The Bertz CT molecular complexity index is 755. The number of hydrogen-bond acceptors (Lipinski definition) is 2. The molecule has 0 aromatic heterocycles. The average molecular weight is 384 g/mol. The lowest BCUT2D eigenvalue weighted by Gasteiger charge is -2.35. The summed E-state index contributed by atoms with van der Waals surface area (Å²) in [5, 5.41) is 0. The number of hydrogen-bond donors (Lipinski definition) is 0. The Hall–Kier alpha value is -1.82. The lowest BCUT2D eigenvalue weighted by molar-refractivity contribution is -0.168. The minimum atomic E-state index is -4.45. The summed E-state index contributed by atoms with van der Waals surface area (Å²) in [4.78, 5) is 4.11. The van der Waals surface area contributed by atoms with Gasteiger partial charge in [-0.1, -0.05) is 24.3 Å². The predicted octanol–water partition coefficient (Wildman–Crippen LogP) is 5.22. The van der Waals surface area contributed by atoms with E-state index in [1.54, 1.807) is 18.2 Å². The van der Waals surface area contributed by atoms with Crippen LogP contribution in [0.4, 0.5) is 18.9 Å². The van der Waals surface area contributed by atoms with Crippen molar-refractivity contribution in [1.82, 2.24) is 0 Å². The summed E-state index contributed by atoms with van der Waals surface area (Å²) < 4.78 is 47.5. The van der Waals surface area contributed by atoms with Gasteiger partial charge >= 0.3 is 6.18 Å². The zero-order valence-corrected chi connectivity index (χ0v) is 13.8. The number of benzene rings is 2. The maximum absolute atomic E-state index is 13.9. The van der Waals surface area contributed by atoms with E-state index in [2.05, 4.69) is 20.9 Å². The van der Waals surface area contributed by atoms with Crippen molar-refractivity contribution in [3.63, 3.8) is 0 Å². The molecule has 0 amide bonds. The molecule has 1 aliphatic rings. The highest BCUT2D eigenvalue weighted by Gasteiger charge is 2.56. The first-order valence-corrected chi connectivity index (χ1v) is 7.70. The minimum Gasteiger partial charge on any atom is -0.497 e. The molecule has 0 bridgehead atoms. The smallest absolute Gasteiger partial charge is 0.403 e. The third-order valence-electron chi connectivity index (χ3n) is 4.06. The number of nitrogens with zero attached hydrogens (tertiary/aromatic N) is 1. The van der Waals surface area contributed by atoms with Crippen LogP contribution in [0.25, 0.3) is 0 Å². The fourth-order valence-electron chi connectivity index (χ4n) is 2.77. The van der Waals surface area contributed by atoms with Gasteiger partial charge in [0.05, 0.1) is 12.8 Å². The summed E-state index contributed by atoms with van der Waals surface area (Å²) in [5.74, 6) is 0.516. The first-order chi connectivity index (χ1) is 10.9. The van der Waals surface area contributed by atoms with Crippen LogP contribution < -0.4 is 4.74 Å². The molecule has 0 unspecified atom stereocenters. The third kappa shape index (κ3) is 2.65. The van der Waals surface area contributed by atoms with Crippen molar-refractivity contribution in [2.24, 2.45) is 4.99 Å². The van der Waals surface area contributed by atoms with Crippen LogP contribution >= 0.6 is 15.9 Å². The Labute approximate surface area is 140 Å². The van der Waals surface area contributed by atoms with Gasteiger partial charge in [-0.05, 0) is 51.7 Å². The van der Waals surface area contributed by atoms with Gasteiger partial charge in [0, 0.05) is 10.7 Å². The molecule has 1 heterocycles. The molecule has 0 radical (unpaired) electrons. The minimum absolute atomic E-state index is 0.153. The molecule has 0 N–H and O–H groups in total. The fraction of sp³-hybridized carbons (Fsp3) is 0.235. The summed E-state index contributed by atoms with van der Waals surface area (Å²) in [7, 11) is 1.48. The number of fused-ring (bicyclic) bond motifs is 1. The molecule has 6 heteroatoms. The fourth-order valence-corrected chi connectivity index (χ4v) is 3.28. The second-order valence-electron chi connectivity index (χ2n) is 5.38. The van der Waals surface area contributed by atoms with Gasteiger partial charge in [-0.15, -0.1) is 0 Å². The van der Waals surface area contributed by atoms with E-state index >= 15 is 0 Å². The molecular formula is C17H13BrF3NO. The Morgan fingerprint density at radius 3 is 2.43 bits per heavy atom. The third-order valence-corrected chi connectivity index (χ3v) is 4.70. The van der Waals surface area contributed by atoms with Gasteiger partial charge in [-0.2, -0.15) is 13.2 Å². The van der Waals surface area contributed by atoms with Crippen LogP contribution in [0.5, 0.6) is 5.75 Å². The van der Waals surface area contributed by atoms with Crippen LogP contribution in [-0.2, 0) is 11.8 Å². The van der Waals surface area contributed by atoms with Crippen molar-refractivity contribution in [2.75, 3.05) is 7.11 Å². The molecule has 0 saturated carbocycles. The zero-order chi connectivity index (χ0) is 16.7. The number of para-hydroxylation sites is 1. The number of ether oxygens (including phenoxy) is 1. The zero-order valence-electron chi connectivity index (χ0n) is 12.2. The maximum Gasteiger partial charge on any atom is 0.403 e. The second-order valence-corrected chi connectivity index (χ2v) is 6.23. The Kier molecular flexibility index (Phi) is 3.96. The molecular weight excluding hydrogens is 371 g/mol. The van der Waals surface area contributed by atoms with Crippen molar-refractivity contribution >= 4 is 27.8 Å². The standard InChI is InChI=1S/C17H13BrF3NO/c1-23-13-7-5-12(6-8-13)16(17(19,20)21)9-11-3-2-4-14(18)15(11)22-10-16/h2-8,10H,9H2,1H3/t16-/m0/s1. The van der Waals surface area contributed by atoms with Gasteiger partial charge in [0.1, 0.15) is 11.2 Å². The highest BCUT2D eigenvalue weighted by molar-refractivity contribution is 9.10. The van der Waals surface area contributed by atoms with Crippen molar-refractivity contribution in [3.8, 4) is 5.75 Å². The molecule has 0 spiro atoms. The summed E-state index contributed by atoms with van der Waals surface area (Å²) >= 11 is 3.33. The van der Waals surface area contributed by atoms with Crippen molar-refractivity contribution in [1.29, 1.82) is 0 Å². The van der Waals surface area contributed by atoms with E-state index in [9.17, 15) is 13.2 Å². The van der Waals surface area contributed by atoms with Gasteiger partial charge in [-0.25, -0.2) is 0 Å². The van der Waals surface area contributed by atoms with Crippen molar-refractivity contribution in [2.45, 2.75) is 18.0 Å². The maximum atomic E-state index is 13.9. The van der Waals surface area contributed by atoms with Gasteiger partial charge in [0.2, 0.25) is 0 Å². The Morgan fingerprint density at radius 2 is 1.83 bits per heavy atom. The predicted molar refractivity (Wildman–Crippen MR) is 86.7 cm³/mol. The molecule has 0 fully saturated rings. The highest BCUT2D eigenvalue weighted by Crippen LogP contribution is 2.47. The van der Waals surface area contributed by atoms with Gasteiger partial charge < -0.3 is 4.74 Å². The SMILES string of the molecule is COc1ccc([C@@]2(C(F)(F)F)C=Nc3c(Br)cccc3C2)cc1.